The summed E-state index contributed by atoms with van der Waals surface area (Å²) in [7, 11) is 0. The van der Waals surface area contributed by atoms with Crippen LogP contribution in [0.25, 0.3) is 0 Å². The Morgan fingerprint density at radius 2 is 2.05 bits per heavy atom. The number of hydrogen-bond acceptors (Lipinski definition) is 3. The molecule has 1 amide bonds. The van der Waals surface area contributed by atoms with E-state index in [1.54, 1.807) is 0 Å². The highest BCUT2D eigenvalue weighted by atomic mass is 19.4. The Balaban J connectivity index is 2.87. The smallest absolute Gasteiger partial charge is 0.396 e. The Morgan fingerprint density at radius 3 is 2.55 bits per heavy atom. The van der Waals surface area contributed by atoms with Crippen LogP contribution >= 0.6 is 0 Å². The lowest BCUT2D eigenvalue weighted by atomic mass is 10.0. The van der Waals surface area contributed by atoms with Crippen molar-refractivity contribution < 1.29 is 23.1 Å². The van der Waals surface area contributed by atoms with Gasteiger partial charge >= 0.3 is 6.18 Å². The zero-order valence-electron chi connectivity index (χ0n) is 12.4. The Labute approximate surface area is 125 Å². The molecule has 1 atom stereocenters. The van der Waals surface area contributed by atoms with Gasteiger partial charge in [-0.2, -0.15) is 13.2 Å². The number of carbonyl (C=O) groups is 1. The minimum Gasteiger partial charge on any atom is -0.396 e. The van der Waals surface area contributed by atoms with Crippen molar-refractivity contribution in [3.05, 3.63) is 34.2 Å². The molecule has 1 unspecified atom stereocenters. The van der Waals surface area contributed by atoms with Crippen molar-refractivity contribution in [2.24, 2.45) is 5.92 Å². The second kappa shape index (κ2) is 7.44. The normalized spacial score (nSPS) is 13.2. The standard InChI is InChI=1S/C14H19F3N2O3/c1-9(2)11(5-7-20)18-12(21)8-19-6-3-4-10(13(19)22)14(15,16)17/h3-4,6,9,11,20H,5,7-8H2,1-2H3,(H,18,21). The van der Waals surface area contributed by atoms with Gasteiger partial charge in [0.05, 0.1) is 0 Å². The van der Waals surface area contributed by atoms with Crippen LogP contribution in [0.4, 0.5) is 13.2 Å². The van der Waals surface area contributed by atoms with Crippen LogP contribution in [-0.4, -0.2) is 28.2 Å². The Kier molecular flexibility index (Phi) is 6.16. The highest BCUT2D eigenvalue weighted by Gasteiger charge is 2.34. The monoisotopic (exact) mass is 320 g/mol. The molecule has 0 bridgehead atoms. The van der Waals surface area contributed by atoms with E-state index in [2.05, 4.69) is 5.32 Å². The average molecular weight is 320 g/mol. The van der Waals surface area contributed by atoms with Gasteiger partial charge in [-0.3, -0.25) is 9.59 Å². The van der Waals surface area contributed by atoms with Crippen molar-refractivity contribution >= 4 is 5.91 Å². The number of nitrogens with zero attached hydrogens (tertiary/aromatic N) is 1. The summed E-state index contributed by atoms with van der Waals surface area (Å²) in [6.45, 7) is 3.07. The molecule has 0 radical (unpaired) electrons. The second-order valence-electron chi connectivity index (χ2n) is 5.28. The van der Waals surface area contributed by atoms with Gasteiger partial charge in [0, 0.05) is 18.8 Å². The van der Waals surface area contributed by atoms with E-state index >= 15 is 0 Å². The molecule has 124 valence electrons. The summed E-state index contributed by atoms with van der Waals surface area (Å²) in [5.74, 6) is -0.525. The first-order valence-electron chi connectivity index (χ1n) is 6.83. The van der Waals surface area contributed by atoms with Crippen LogP contribution in [-0.2, 0) is 17.5 Å². The number of nitrogens with one attached hydrogen (secondary N) is 1. The minimum absolute atomic E-state index is 0.0503. The zero-order chi connectivity index (χ0) is 16.9. The van der Waals surface area contributed by atoms with Crippen molar-refractivity contribution in [1.29, 1.82) is 0 Å². The lowest BCUT2D eigenvalue weighted by Gasteiger charge is -2.21. The maximum absolute atomic E-state index is 12.6. The largest absolute Gasteiger partial charge is 0.421 e. The fourth-order valence-corrected chi connectivity index (χ4v) is 2.00. The van der Waals surface area contributed by atoms with E-state index in [9.17, 15) is 22.8 Å². The Morgan fingerprint density at radius 1 is 1.41 bits per heavy atom. The first-order chi connectivity index (χ1) is 10.2. The van der Waals surface area contributed by atoms with E-state index in [4.69, 9.17) is 5.11 Å². The molecule has 0 saturated carbocycles. The quantitative estimate of drug-likeness (QED) is 0.832. The molecule has 0 aliphatic carbocycles. The summed E-state index contributed by atoms with van der Waals surface area (Å²) in [6, 6.07) is 1.45. The summed E-state index contributed by atoms with van der Waals surface area (Å²) >= 11 is 0. The topological polar surface area (TPSA) is 71.3 Å². The van der Waals surface area contributed by atoms with Crippen LogP contribution in [0.1, 0.15) is 25.8 Å². The van der Waals surface area contributed by atoms with E-state index in [0.717, 1.165) is 12.3 Å². The molecule has 0 fully saturated rings. The molecule has 2 N–H and O–H groups in total. The predicted octanol–water partition coefficient (Wildman–Crippen LogP) is 1.39. The Hall–Kier alpha value is -1.83. The number of aliphatic hydroxyl groups is 1. The molecule has 1 aromatic rings. The molecule has 1 rings (SSSR count). The van der Waals surface area contributed by atoms with E-state index in [1.165, 1.54) is 0 Å². The maximum atomic E-state index is 12.6. The summed E-state index contributed by atoms with van der Waals surface area (Å²) in [5.41, 5.74) is -2.56. The van der Waals surface area contributed by atoms with Crippen LogP contribution in [0.3, 0.4) is 0 Å². The van der Waals surface area contributed by atoms with Crippen LogP contribution in [0, 0.1) is 5.92 Å². The van der Waals surface area contributed by atoms with Gasteiger partial charge in [0.25, 0.3) is 5.56 Å². The molecule has 0 spiro atoms. The van der Waals surface area contributed by atoms with Gasteiger partial charge < -0.3 is 15.0 Å². The zero-order valence-corrected chi connectivity index (χ0v) is 12.4. The fraction of sp³-hybridized carbons (Fsp3) is 0.571. The maximum Gasteiger partial charge on any atom is 0.421 e. The molecule has 1 aromatic heterocycles. The fourth-order valence-electron chi connectivity index (χ4n) is 2.00. The molecule has 8 heteroatoms. The SMILES string of the molecule is CC(C)C(CCO)NC(=O)Cn1cccc(C(F)(F)F)c1=O. The van der Waals surface area contributed by atoms with Gasteiger partial charge in [-0.25, -0.2) is 0 Å². The van der Waals surface area contributed by atoms with Crippen molar-refractivity contribution in [1.82, 2.24) is 9.88 Å². The number of aromatic nitrogens is 1. The van der Waals surface area contributed by atoms with E-state index in [1.807, 2.05) is 13.8 Å². The highest BCUT2D eigenvalue weighted by Crippen LogP contribution is 2.25. The predicted molar refractivity (Wildman–Crippen MR) is 74.2 cm³/mol. The lowest BCUT2D eigenvalue weighted by molar-refractivity contribution is -0.139. The molecule has 0 aliphatic rings. The number of pyridine rings is 1. The molecule has 1 heterocycles. The molecule has 0 aromatic carbocycles. The number of amides is 1. The van der Waals surface area contributed by atoms with Gasteiger partial charge in [0.15, 0.2) is 0 Å². The first-order valence-corrected chi connectivity index (χ1v) is 6.83. The summed E-state index contributed by atoms with van der Waals surface area (Å²) in [4.78, 5) is 23.6. The van der Waals surface area contributed by atoms with Gasteiger partial charge in [-0.1, -0.05) is 13.8 Å². The van der Waals surface area contributed by atoms with E-state index < -0.39 is 29.8 Å². The van der Waals surface area contributed by atoms with E-state index in [0.29, 0.717) is 17.1 Å². The van der Waals surface area contributed by atoms with Gasteiger partial charge in [0.1, 0.15) is 12.1 Å². The van der Waals surface area contributed by atoms with Crippen LogP contribution in [0.5, 0.6) is 0 Å². The number of hydrogen-bond donors (Lipinski definition) is 2. The van der Waals surface area contributed by atoms with Crippen LogP contribution in [0.15, 0.2) is 23.1 Å². The van der Waals surface area contributed by atoms with Crippen molar-refractivity contribution in [2.45, 2.75) is 39.0 Å². The first kappa shape index (κ1) is 18.2. The van der Waals surface area contributed by atoms with Gasteiger partial charge in [-0.15, -0.1) is 0 Å². The van der Waals surface area contributed by atoms with Crippen molar-refractivity contribution in [3.8, 4) is 0 Å². The average Bonchev–Trinajstić information content (AvgIpc) is 2.39. The van der Waals surface area contributed by atoms with Crippen LogP contribution < -0.4 is 10.9 Å². The molecular formula is C14H19F3N2O3. The number of alkyl halides is 3. The lowest BCUT2D eigenvalue weighted by Crippen LogP contribution is -2.42. The summed E-state index contributed by atoms with van der Waals surface area (Å²) in [6.07, 6.45) is -3.29. The molecule has 22 heavy (non-hydrogen) atoms. The molecule has 0 saturated heterocycles. The number of carbonyl (C=O) groups excluding carboxylic acids is 1. The van der Waals surface area contributed by atoms with E-state index in [-0.39, 0.29) is 18.6 Å². The number of rotatable bonds is 6. The third-order valence-corrected chi connectivity index (χ3v) is 3.23. The second-order valence-corrected chi connectivity index (χ2v) is 5.28. The highest BCUT2D eigenvalue weighted by molar-refractivity contribution is 5.76. The molecular weight excluding hydrogens is 301 g/mol. The minimum atomic E-state index is -4.76. The number of halogens is 3. The van der Waals surface area contributed by atoms with Crippen molar-refractivity contribution in [3.63, 3.8) is 0 Å². The third kappa shape index (κ3) is 4.87. The summed E-state index contributed by atoms with van der Waals surface area (Å²) in [5, 5.41) is 11.5. The van der Waals surface area contributed by atoms with Crippen molar-refractivity contribution in [2.75, 3.05) is 6.61 Å². The Bertz CT molecular complexity index is 567. The molecule has 5 nitrogen and oxygen atoms in total. The number of aliphatic hydroxyl groups excluding tert-OH is 1. The molecule has 0 aliphatic heterocycles. The van der Waals surface area contributed by atoms with Gasteiger partial charge in [-0.05, 0) is 24.5 Å². The summed E-state index contributed by atoms with van der Waals surface area (Å²) < 4.78 is 38.6. The van der Waals surface area contributed by atoms with Gasteiger partial charge in [0.2, 0.25) is 5.91 Å². The third-order valence-electron chi connectivity index (χ3n) is 3.23. The van der Waals surface area contributed by atoms with Crippen LogP contribution in [0.2, 0.25) is 0 Å².